The molecule has 7 nitrogen and oxygen atoms in total. The van der Waals surface area contributed by atoms with Gasteiger partial charge in [-0.3, -0.25) is 9.69 Å². The van der Waals surface area contributed by atoms with Crippen LogP contribution in [0.5, 0.6) is 0 Å². The molecule has 0 radical (unpaired) electrons. The van der Waals surface area contributed by atoms with Crippen LogP contribution in [0.1, 0.15) is 37.4 Å². The van der Waals surface area contributed by atoms with Crippen molar-refractivity contribution in [2.75, 3.05) is 18.4 Å². The molecular formula is C20H23N5O2S. The van der Waals surface area contributed by atoms with Crippen molar-refractivity contribution in [1.29, 1.82) is 0 Å². The van der Waals surface area contributed by atoms with Crippen LogP contribution in [-0.4, -0.2) is 39.1 Å². The van der Waals surface area contributed by atoms with Gasteiger partial charge in [-0.2, -0.15) is 0 Å². The molecule has 1 atom stereocenters. The second-order valence-electron chi connectivity index (χ2n) is 7.08. The predicted octanol–water partition coefficient (Wildman–Crippen LogP) is 3.91. The first kappa shape index (κ1) is 18.8. The van der Waals surface area contributed by atoms with Crippen LogP contribution in [0.2, 0.25) is 0 Å². The molecule has 1 amide bonds. The molecule has 0 spiro atoms. The van der Waals surface area contributed by atoms with Crippen LogP contribution >= 0.6 is 11.3 Å². The van der Waals surface area contributed by atoms with E-state index in [0.29, 0.717) is 16.9 Å². The first-order chi connectivity index (χ1) is 13.6. The molecule has 1 saturated heterocycles. The third-order valence-corrected chi connectivity index (χ3v) is 5.99. The Morgan fingerprint density at radius 3 is 2.68 bits per heavy atom. The van der Waals surface area contributed by atoms with E-state index in [-0.39, 0.29) is 17.9 Å². The Balaban J connectivity index is 1.33. The molecular weight excluding hydrogens is 374 g/mol. The Labute approximate surface area is 167 Å². The highest BCUT2D eigenvalue weighted by atomic mass is 32.1. The molecule has 3 aromatic rings. The highest BCUT2D eigenvalue weighted by Gasteiger charge is 2.30. The van der Waals surface area contributed by atoms with Gasteiger partial charge in [0, 0.05) is 16.9 Å². The Morgan fingerprint density at radius 1 is 1.25 bits per heavy atom. The summed E-state index contributed by atoms with van der Waals surface area (Å²) in [5.74, 6) is 1.22. The van der Waals surface area contributed by atoms with Gasteiger partial charge in [-0.15, -0.1) is 21.5 Å². The topological polar surface area (TPSA) is 84.2 Å². The number of anilines is 1. The lowest BCUT2D eigenvalue weighted by Gasteiger charge is -2.33. The summed E-state index contributed by atoms with van der Waals surface area (Å²) in [5.41, 5.74) is 1.85. The van der Waals surface area contributed by atoms with Gasteiger partial charge in [-0.25, -0.2) is 4.98 Å². The lowest BCUT2D eigenvalue weighted by molar-refractivity contribution is -0.121. The largest absolute Gasteiger partial charge is 0.419 e. The van der Waals surface area contributed by atoms with E-state index < -0.39 is 0 Å². The van der Waals surface area contributed by atoms with Crippen LogP contribution in [0, 0.1) is 12.8 Å². The van der Waals surface area contributed by atoms with Gasteiger partial charge in [-0.1, -0.05) is 18.2 Å². The van der Waals surface area contributed by atoms with Crippen molar-refractivity contribution in [3.63, 3.8) is 0 Å². The van der Waals surface area contributed by atoms with E-state index in [1.165, 1.54) is 11.3 Å². The molecule has 28 heavy (non-hydrogen) atoms. The smallest absolute Gasteiger partial charge is 0.247 e. The average Bonchev–Trinajstić information content (AvgIpc) is 3.37. The molecule has 0 aliphatic carbocycles. The van der Waals surface area contributed by atoms with Gasteiger partial charge in [-0.05, 0) is 51.9 Å². The number of piperidine rings is 1. The Kier molecular flexibility index (Phi) is 5.50. The monoisotopic (exact) mass is 397 g/mol. The Morgan fingerprint density at radius 2 is 2.00 bits per heavy atom. The lowest BCUT2D eigenvalue weighted by atomic mass is 9.95. The molecule has 2 aromatic heterocycles. The number of likely N-dealkylation sites (tertiary alicyclic amines) is 1. The van der Waals surface area contributed by atoms with Gasteiger partial charge in [0.1, 0.15) is 0 Å². The fourth-order valence-corrected chi connectivity index (χ4v) is 4.12. The van der Waals surface area contributed by atoms with E-state index in [0.717, 1.165) is 37.2 Å². The number of rotatable bonds is 5. The normalized spacial score (nSPS) is 16.8. The molecule has 1 fully saturated rings. The van der Waals surface area contributed by atoms with Crippen molar-refractivity contribution >= 4 is 22.4 Å². The van der Waals surface area contributed by atoms with Crippen molar-refractivity contribution in [2.24, 2.45) is 5.92 Å². The van der Waals surface area contributed by atoms with Gasteiger partial charge in [0.25, 0.3) is 0 Å². The molecule has 146 valence electrons. The number of carbonyl (C=O) groups excluding carboxylic acids is 1. The quantitative estimate of drug-likeness (QED) is 0.703. The van der Waals surface area contributed by atoms with Crippen molar-refractivity contribution < 1.29 is 9.21 Å². The van der Waals surface area contributed by atoms with Crippen molar-refractivity contribution in [2.45, 2.75) is 32.7 Å². The van der Waals surface area contributed by atoms with Crippen molar-refractivity contribution in [1.82, 2.24) is 20.1 Å². The first-order valence-corrected chi connectivity index (χ1v) is 10.3. The summed E-state index contributed by atoms with van der Waals surface area (Å²) in [5, 5.41) is 14.0. The molecule has 1 unspecified atom stereocenters. The fourth-order valence-electron chi connectivity index (χ4n) is 3.42. The third-order valence-electron chi connectivity index (χ3n) is 5.12. The number of hydrogen-bond donors (Lipinski definition) is 1. The average molecular weight is 398 g/mol. The maximum absolute atomic E-state index is 12.5. The first-order valence-electron chi connectivity index (χ1n) is 9.46. The number of carbonyl (C=O) groups is 1. The third kappa shape index (κ3) is 4.13. The van der Waals surface area contributed by atoms with Crippen LogP contribution in [0.3, 0.4) is 0 Å². The zero-order valence-electron chi connectivity index (χ0n) is 16.0. The summed E-state index contributed by atoms with van der Waals surface area (Å²) in [4.78, 5) is 19.1. The molecule has 0 bridgehead atoms. The van der Waals surface area contributed by atoms with E-state index in [9.17, 15) is 4.79 Å². The van der Waals surface area contributed by atoms with E-state index in [1.807, 2.05) is 42.6 Å². The van der Waals surface area contributed by atoms with Gasteiger partial charge >= 0.3 is 0 Å². The molecule has 8 heteroatoms. The number of hydrogen-bond acceptors (Lipinski definition) is 7. The summed E-state index contributed by atoms with van der Waals surface area (Å²) in [6.07, 6.45) is 1.61. The van der Waals surface area contributed by atoms with Gasteiger partial charge in [0.15, 0.2) is 5.13 Å². The molecule has 3 heterocycles. The summed E-state index contributed by atoms with van der Waals surface area (Å²) in [7, 11) is 0. The number of aromatic nitrogens is 3. The second-order valence-corrected chi connectivity index (χ2v) is 7.94. The standard InChI is InChI=1S/C20H23N5O2S/c1-13-12-28-20(21-13)22-17(26)15-8-10-25(11-9-15)14(2)18-23-24-19(27-18)16-6-4-3-5-7-16/h3-7,12,14-15H,8-11H2,1-2H3,(H,21,22,26). The number of aryl methyl sites for hydroxylation is 1. The minimum atomic E-state index is 0.00946. The number of thiazole rings is 1. The van der Waals surface area contributed by atoms with E-state index in [1.54, 1.807) is 0 Å². The van der Waals surface area contributed by atoms with Crippen LogP contribution < -0.4 is 5.32 Å². The number of nitrogens with zero attached hydrogens (tertiary/aromatic N) is 4. The highest BCUT2D eigenvalue weighted by Crippen LogP contribution is 2.28. The molecule has 1 aliphatic rings. The Hall–Kier alpha value is -2.58. The molecule has 4 rings (SSSR count). The molecule has 1 aliphatic heterocycles. The summed E-state index contributed by atoms with van der Waals surface area (Å²) >= 11 is 1.46. The maximum Gasteiger partial charge on any atom is 0.247 e. The van der Waals surface area contributed by atoms with Gasteiger partial charge < -0.3 is 9.73 Å². The summed E-state index contributed by atoms with van der Waals surface area (Å²) < 4.78 is 5.89. The second kappa shape index (κ2) is 8.20. The minimum absolute atomic E-state index is 0.00946. The van der Waals surface area contributed by atoms with Gasteiger partial charge in [0.2, 0.25) is 17.7 Å². The molecule has 0 saturated carbocycles. The predicted molar refractivity (Wildman–Crippen MR) is 108 cm³/mol. The number of nitrogens with one attached hydrogen (secondary N) is 1. The van der Waals surface area contributed by atoms with E-state index in [4.69, 9.17) is 4.42 Å². The van der Waals surface area contributed by atoms with E-state index in [2.05, 4.69) is 32.3 Å². The van der Waals surface area contributed by atoms with Crippen LogP contribution in [0.4, 0.5) is 5.13 Å². The van der Waals surface area contributed by atoms with E-state index >= 15 is 0 Å². The maximum atomic E-state index is 12.5. The number of amides is 1. The van der Waals surface area contributed by atoms with Crippen LogP contribution in [0.15, 0.2) is 40.1 Å². The van der Waals surface area contributed by atoms with Crippen molar-refractivity contribution in [3.05, 3.63) is 47.3 Å². The molecule has 1 aromatic carbocycles. The van der Waals surface area contributed by atoms with Crippen LogP contribution in [0.25, 0.3) is 11.5 Å². The minimum Gasteiger partial charge on any atom is -0.419 e. The lowest BCUT2D eigenvalue weighted by Crippen LogP contribution is -2.39. The van der Waals surface area contributed by atoms with Crippen molar-refractivity contribution in [3.8, 4) is 11.5 Å². The Bertz CT molecular complexity index is 931. The molecule has 1 N–H and O–H groups in total. The summed E-state index contributed by atoms with van der Waals surface area (Å²) in [6.45, 7) is 5.63. The SMILES string of the molecule is Cc1csc(NC(=O)C2CCN(C(C)c3nnc(-c4ccccc4)o3)CC2)n1. The van der Waals surface area contributed by atoms with Gasteiger partial charge in [0.05, 0.1) is 11.7 Å². The fraction of sp³-hybridized carbons (Fsp3) is 0.400. The van der Waals surface area contributed by atoms with Crippen LogP contribution in [-0.2, 0) is 4.79 Å². The summed E-state index contributed by atoms with van der Waals surface area (Å²) in [6, 6.07) is 9.79. The highest BCUT2D eigenvalue weighted by molar-refractivity contribution is 7.13. The number of benzene rings is 1. The zero-order chi connectivity index (χ0) is 19.5. The zero-order valence-corrected chi connectivity index (χ0v) is 16.8.